The predicted molar refractivity (Wildman–Crippen MR) is 100 cm³/mol. The van der Waals surface area contributed by atoms with E-state index in [2.05, 4.69) is 17.4 Å². The van der Waals surface area contributed by atoms with E-state index in [9.17, 15) is 9.59 Å². The van der Waals surface area contributed by atoms with Crippen LogP contribution >= 0.6 is 0 Å². The highest BCUT2D eigenvalue weighted by Crippen LogP contribution is 2.40. The zero-order valence-corrected chi connectivity index (χ0v) is 15.2. The van der Waals surface area contributed by atoms with Gasteiger partial charge in [0.1, 0.15) is 5.75 Å². The van der Waals surface area contributed by atoms with Gasteiger partial charge in [-0.05, 0) is 55.9 Å². The Morgan fingerprint density at radius 1 is 1.23 bits per heavy atom. The molecule has 4 nitrogen and oxygen atoms in total. The van der Waals surface area contributed by atoms with Crippen molar-refractivity contribution in [3.05, 3.63) is 52.6 Å². The Bertz CT molecular complexity index is 788. The van der Waals surface area contributed by atoms with Crippen molar-refractivity contribution in [3.8, 4) is 5.75 Å². The molecule has 2 atom stereocenters. The van der Waals surface area contributed by atoms with Crippen molar-refractivity contribution in [2.75, 3.05) is 6.61 Å². The molecule has 1 fully saturated rings. The van der Waals surface area contributed by atoms with Crippen molar-refractivity contribution in [1.29, 1.82) is 0 Å². The van der Waals surface area contributed by atoms with Crippen molar-refractivity contribution >= 4 is 11.6 Å². The maximum atomic E-state index is 12.8. The van der Waals surface area contributed by atoms with Gasteiger partial charge in [0.05, 0.1) is 6.61 Å². The van der Waals surface area contributed by atoms with Gasteiger partial charge in [-0.3, -0.25) is 9.59 Å². The van der Waals surface area contributed by atoms with Gasteiger partial charge < -0.3 is 10.1 Å². The standard InChI is InChI=1S/C22H25NO3/c1-2-26-15-8-6-14(7-9-15)4-3-5-19(24)16-10-12-18-22(23-18)17-11-13-20(25)21(16)17/h6-10,18,22-23H,2-5,11-13H2,1H3. The predicted octanol–water partition coefficient (Wildman–Crippen LogP) is 3.31. The third-order valence-electron chi connectivity index (χ3n) is 5.53. The third kappa shape index (κ3) is 3.38. The van der Waals surface area contributed by atoms with Gasteiger partial charge in [-0.25, -0.2) is 0 Å². The van der Waals surface area contributed by atoms with Crippen LogP contribution in [-0.2, 0) is 16.0 Å². The molecule has 1 aromatic carbocycles. The molecular formula is C22H25NO3. The Labute approximate surface area is 154 Å². The van der Waals surface area contributed by atoms with E-state index < -0.39 is 0 Å². The summed E-state index contributed by atoms with van der Waals surface area (Å²) in [5, 5.41) is 3.42. The molecule has 1 aliphatic heterocycles. The molecule has 136 valence electrons. The Balaban J connectivity index is 1.37. The minimum atomic E-state index is 0.125. The number of benzene rings is 1. The van der Waals surface area contributed by atoms with Gasteiger partial charge in [-0.2, -0.15) is 0 Å². The fourth-order valence-electron chi connectivity index (χ4n) is 4.14. The molecular weight excluding hydrogens is 326 g/mol. The zero-order valence-electron chi connectivity index (χ0n) is 15.2. The fraction of sp³-hybridized carbons (Fsp3) is 0.455. The van der Waals surface area contributed by atoms with Crippen LogP contribution in [-0.4, -0.2) is 30.3 Å². The lowest BCUT2D eigenvalue weighted by Crippen LogP contribution is -2.12. The first-order chi connectivity index (χ1) is 12.7. The first-order valence-corrected chi connectivity index (χ1v) is 9.65. The lowest BCUT2D eigenvalue weighted by Gasteiger charge is -2.09. The van der Waals surface area contributed by atoms with Crippen molar-refractivity contribution in [2.24, 2.45) is 0 Å². The molecule has 0 radical (unpaired) electrons. The molecule has 2 aliphatic carbocycles. The van der Waals surface area contributed by atoms with Crippen molar-refractivity contribution in [2.45, 2.75) is 57.5 Å². The summed E-state index contributed by atoms with van der Waals surface area (Å²) in [4.78, 5) is 25.1. The number of hydrogen-bond donors (Lipinski definition) is 1. The van der Waals surface area contributed by atoms with E-state index in [1.807, 2.05) is 25.1 Å². The van der Waals surface area contributed by atoms with Crippen LogP contribution in [0.3, 0.4) is 0 Å². The molecule has 2 unspecified atom stereocenters. The van der Waals surface area contributed by atoms with Crippen molar-refractivity contribution in [3.63, 3.8) is 0 Å². The second-order valence-corrected chi connectivity index (χ2v) is 7.28. The quantitative estimate of drug-likeness (QED) is 0.766. The van der Waals surface area contributed by atoms with Crippen LogP contribution in [0.15, 0.2) is 47.1 Å². The first kappa shape index (κ1) is 17.2. The molecule has 1 saturated heterocycles. The van der Waals surface area contributed by atoms with Gasteiger partial charge in [0, 0.05) is 36.1 Å². The molecule has 0 amide bonds. The van der Waals surface area contributed by atoms with Gasteiger partial charge >= 0.3 is 0 Å². The highest BCUT2D eigenvalue weighted by molar-refractivity contribution is 6.14. The van der Waals surface area contributed by atoms with Crippen LogP contribution in [0.25, 0.3) is 0 Å². The Morgan fingerprint density at radius 2 is 2.04 bits per heavy atom. The van der Waals surface area contributed by atoms with E-state index in [-0.39, 0.29) is 11.6 Å². The molecule has 1 N–H and O–H groups in total. The average molecular weight is 351 g/mol. The Kier molecular flexibility index (Phi) is 4.77. The topological polar surface area (TPSA) is 65.3 Å². The van der Waals surface area contributed by atoms with Crippen LogP contribution in [0.4, 0.5) is 0 Å². The summed E-state index contributed by atoms with van der Waals surface area (Å²) in [7, 11) is 0. The number of rotatable bonds is 7. The monoisotopic (exact) mass is 351 g/mol. The molecule has 4 rings (SSSR count). The number of ketones is 2. The summed E-state index contributed by atoms with van der Waals surface area (Å²) in [6.45, 7) is 2.63. The lowest BCUT2D eigenvalue weighted by molar-refractivity contribution is -0.118. The van der Waals surface area contributed by atoms with Crippen LogP contribution in [0.5, 0.6) is 5.75 Å². The minimum absolute atomic E-state index is 0.125. The summed E-state index contributed by atoms with van der Waals surface area (Å²) in [5.74, 6) is 1.16. The molecule has 0 aromatic heterocycles. The average Bonchev–Trinajstić information content (AvgIpc) is 3.34. The van der Waals surface area contributed by atoms with Crippen molar-refractivity contribution < 1.29 is 14.3 Å². The number of carbonyl (C=O) groups excluding carboxylic acids is 2. The molecule has 26 heavy (non-hydrogen) atoms. The molecule has 0 bridgehead atoms. The molecule has 4 heteroatoms. The molecule has 1 heterocycles. The number of hydrogen-bond acceptors (Lipinski definition) is 4. The maximum absolute atomic E-state index is 12.8. The number of allylic oxidation sites excluding steroid dienone is 2. The number of aryl methyl sites for hydroxylation is 1. The first-order valence-electron chi connectivity index (χ1n) is 9.65. The van der Waals surface area contributed by atoms with Gasteiger partial charge in [-0.1, -0.05) is 18.2 Å². The third-order valence-corrected chi connectivity index (χ3v) is 5.53. The SMILES string of the molecule is CCOc1ccc(CCCC(=O)C2=CCC3NC3C3=C2C(=O)CC3)cc1. The number of nitrogens with one attached hydrogen (secondary N) is 1. The normalized spacial score (nSPS) is 23.9. The summed E-state index contributed by atoms with van der Waals surface area (Å²) in [6, 6.07) is 8.83. The van der Waals surface area contributed by atoms with Crippen LogP contribution in [0, 0.1) is 0 Å². The summed E-state index contributed by atoms with van der Waals surface area (Å²) >= 11 is 0. The Morgan fingerprint density at radius 3 is 2.81 bits per heavy atom. The smallest absolute Gasteiger partial charge is 0.163 e. The summed E-state index contributed by atoms with van der Waals surface area (Å²) < 4.78 is 5.45. The summed E-state index contributed by atoms with van der Waals surface area (Å²) in [6.07, 6.45) is 6.38. The molecule has 0 spiro atoms. The minimum Gasteiger partial charge on any atom is -0.494 e. The van der Waals surface area contributed by atoms with Crippen LogP contribution < -0.4 is 10.1 Å². The number of ether oxygens (including phenoxy) is 1. The van der Waals surface area contributed by atoms with Gasteiger partial charge in [0.2, 0.25) is 0 Å². The van der Waals surface area contributed by atoms with E-state index in [0.717, 1.165) is 37.0 Å². The number of carbonyl (C=O) groups is 2. The maximum Gasteiger partial charge on any atom is 0.163 e. The van der Waals surface area contributed by atoms with E-state index in [0.29, 0.717) is 37.1 Å². The number of fused-ring (bicyclic) bond motifs is 2. The van der Waals surface area contributed by atoms with Gasteiger partial charge in [0.25, 0.3) is 0 Å². The Hall–Kier alpha value is -2.20. The van der Waals surface area contributed by atoms with E-state index >= 15 is 0 Å². The van der Waals surface area contributed by atoms with E-state index in [1.54, 1.807) is 0 Å². The van der Waals surface area contributed by atoms with Crippen LogP contribution in [0.1, 0.15) is 44.6 Å². The lowest BCUT2D eigenvalue weighted by atomic mass is 9.94. The second-order valence-electron chi connectivity index (χ2n) is 7.28. The highest BCUT2D eigenvalue weighted by Gasteiger charge is 2.45. The largest absolute Gasteiger partial charge is 0.494 e. The van der Waals surface area contributed by atoms with Crippen LogP contribution in [0.2, 0.25) is 0 Å². The molecule has 3 aliphatic rings. The van der Waals surface area contributed by atoms with Crippen molar-refractivity contribution in [1.82, 2.24) is 5.32 Å². The van der Waals surface area contributed by atoms with Gasteiger partial charge in [0.15, 0.2) is 11.6 Å². The van der Waals surface area contributed by atoms with E-state index in [4.69, 9.17) is 4.74 Å². The molecule has 1 aromatic rings. The number of Topliss-reactive ketones (excluding diaryl/α,β-unsaturated/α-hetero) is 2. The zero-order chi connectivity index (χ0) is 18.1. The van der Waals surface area contributed by atoms with E-state index in [1.165, 1.54) is 11.1 Å². The molecule has 0 saturated carbocycles. The highest BCUT2D eigenvalue weighted by atomic mass is 16.5. The van der Waals surface area contributed by atoms with Gasteiger partial charge in [-0.15, -0.1) is 0 Å². The summed E-state index contributed by atoms with van der Waals surface area (Å²) in [5.41, 5.74) is 3.83. The second kappa shape index (κ2) is 7.20. The fourth-order valence-corrected chi connectivity index (χ4v) is 4.14.